The number of amides is 1. The predicted octanol–water partition coefficient (Wildman–Crippen LogP) is 2.91. The SMILES string of the molecule is CC(C)CN1CCC([C@H]2CCN(C(=O)c3ccncc3)C2)CC1. The van der Waals surface area contributed by atoms with Gasteiger partial charge in [0, 0.05) is 37.6 Å². The highest BCUT2D eigenvalue weighted by molar-refractivity contribution is 5.94. The Morgan fingerprint density at radius 2 is 1.78 bits per heavy atom. The number of carbonyl (C=O) groups excluding carboxylic acids is 1. The van der Waals surface area contributed by atoms with Crippen molar-refractivity contribution in [3.8, 4) is 0 Å². The first-order valence-electron chi connectivity index (χ1n) is 9.05. The van der Waals surface area contributed by atoms with Gasteiger partial charge >= 0.3 is 0 Å². The van der Waals surface area contributed by atoms with Gasteiger partial charge in [-0.1, -0.05) is 13.8 Å². The molecule has 4 heteroatoms. The minimum absolute atomic E-state index is 0.173. The van der Waals surface area contributed by atoms with E-state index in [9.17, 15) is 4.79 Å². The molecular formula is C19H29N3O. The Hall–Kier alpha value is -1.42. The zero-order chi connectivity index (χ0) is 16.2. The number of rotatable bonds is 4. The summed E-state index contributed by atoms with van der Waals surface area (Å²) in [4.78, 5) is 21.2. The summed E-state index contributed by atoms with van der Waals surface area (Å²) in [5.41, 5.74) is 0.771. The van der Waals surface area contributed by atoms with Crippen molar-refractivity contribution in [3.63, 3.8) is 0 Å². The van der Waals surface area contributed by atoms with Crippen LogP contribution in [0.4, 0.5) is 0 Å². The third-order valence-electron chi connectivity index (χ3n) is 5.36. The molecule has 0 aromatic carbocycles. The molecule has 0 saturated carbocycles. The number of carbonyl (C=O) groups is 1. The van der Waals surface area contributed by atoms with Crippen LogP contribution in [-0.2, 0) is 0 Å². The average Bonchev–Trinajstić information content (AvgIpc) is 3.05. The van der Waals surface area contributed by atoms with Crippen LogP contribution >= 0.6 is 0 Å². The fourth-order valence-electron chi connectivity index (χ4n) is 4.16. The Balaban J connectivity index is 1.50. The van der Waals surface area contributed by atoms with Gasteiger partial charge in [0.15, 0.2) is 0 Å². The van der Waals surface area contributed by atoms with E-state index in [1.165, 1.54) is 38.9 Å². The van der Waals surface area contributed by atoms with Crippen LogP contribution in [0.15, 0.2) is 24.5 Å². The lowest BCUT2D eigenvalue weighted by Crippen LogP contribution is -2.39. The van der Waals surface area contributed by atoms with Crippen molar-refractivity contribution >= 4 is 5.91 Å². The summed E-state index contributed by atoms with van der Waals surface area (Å²) in [6.45, 7) is 10.1. The summed E-state index contributed by atoms with van der Waals surface area (Å²) in [6, 6.07) is 3.64. The molecule has 3 heterocycles. The molecule has 4 nitrogen and oxygen atoms in total. The molecule has 126 valence electrons. The van der Waals surface area contributed by atoms with Crippen molar-refractivity contribution in [2.75, 3.05) is 32.7 Å². The Labute approximate surface area is 139 Å². The highest BCUT2D eigenvalue weighted by atomic mass is 16.2. The van der Waals surface area contributed by atoms with Crippen molar-refractivity contribution < 1.29 is 4.79 Å². The van der Waals surface area contributed by atoms with Crippen molar-refractivity contribution in [2.45, 2.75) is 33.1 Å². The predicted molar refractivity (Wildman–Crippen MR) is 92.2 cm³/mol. The second kappa shape index (κ2) is 7.43. The molecule has 0 aliphatic carbocycles. The van der Waals surface area contributed by atoms with Gasteiger partial charge in [0.25, 0.3) is 5.91 Å². The second-order valence-electron chi connectivity index (χ2n) is 7.57. The largest absolute Gasteiger partial charge is 0.338 e. The molecule has 0 unspecified atom stereocenters. The third kappa shape index (κ3) is 4.11. The van der Waals surface area contributed by atoms with Crippen LogP contribution < -0.4 is 0 Å². The van der Waals surface area contributed by atoms with E-state index in [1.807, 2.05) is 17.0 Å². The van der Waals surface area contributed by atoms with E-state index in [-0.39, 0.29) is 5.91 Å². The van der Waals surface area contributed by atoms with Crippen molar-refractivity contribution in [3.05, 3.63) is 30.1 Å². The number of nitrogens with zero attached hydrogens (tertiary/aromatic N) is 3. The monoisotopic (exact) mass is 315 g/mol. The zero-order valence-corrected chi connectivity index (χ0v) is 14.4. The molecule has 2 aliphatic rings. The summed E-state index contributed by atoms with van der Waals surface area (Å²) in [6.07, 6.45) is 7.17. The standard InChI is InChI=1S/C19H29N3O/c1-15(2)13-21-10-5-16(6-11-21)18-7-12-22(14-18)19(23)17-3-8-20-9-4-17/h3-4,8-9,15-16,18H,5-7,10-14H2,1-2H3/t18-/m0/s1. The molecule has 1 atom stereocenters. The van der Waals surface area contributed by atoms with Gasteiger partial charge in [0.1, 0.15) is 0 Å². The Kier molecular flexibility index (Phi) is 5.31. The van der Waals surface area contributed by atoms with Gasteiger partial charge in [-0.3, -0.25) is 9.78 Å². The van der Waals surface area contributed by atoms with E-state index in [1.54, 1.807) is 12.4 Å². The van der Waals surface area contributed by atoms with Crippen LogP contribution in [0.5, 0.6) is 0 Å². The van der Waals surface area contributed by atoms with Crippen LogP contribution in [0.2, 0.25) is 0 Å². The molecule has 0 spiro atoms. The van der Waals surface area contributed by atoms with Gasteiger partial charge in [-0.25, -0.2) is 0 Å². The first kappa shape index (κ1) is 16.4. The lowest BCUT2D eigenvalue weighted by Gasteiger charge is -2.35. The molecule has 0 radical (unpaired) electrons. The highest BCUT2D eigenvalue weighted by Gasteiger charge is 2.33. The fraction of sp³-hybridized carbons (Fsp3) is 0.684. The fourth-order valence-corrected chi connectivity index (χ4v) is 4.16. The molecule has 1 aromatic heterocycles. The van der Waals surface area contributed by atoms with Gasteiger partial charge in [-0.2, -0.15) is 0 Å². The van der Waals surface area contributed by atoms with Crippen molar-refractivity contribution in [1.82, 2.24) is 14.8 Å². The molecule has 1 aromatic rings. The number of hydrogen-bond donors (Lipinski definition) is 0. The van der Waals surface area contributed by atoms with Gasteiger partial charge in [0.05, 0.1) is 0 Å². The summed E-state index contributed by atoms with van der Waals surface area (Å²) in [5.74, 6) is 2.43. The third-order valence-corrected chi connectivity index (χ3v) is 5.36. The maximum atomic E-state index is 12.5. The van der Waals surface area contributed by atoms with E-state index in [2.05, 4.69) is 23.7 Å². The maximum Gasteiger partial charge on any atom is 0.253 e. The summed E-state index contributed by atoms with van der Waals surface area (Å²) in [5, 5.41) is 0. The molecule has 1 amide bonds. The van der Waals surface area contributed by atoms with Crippen molar-refractivity contribution in [2.24, 2.45) is 17.8 Å². The number of pyridine rings is 1. The van der Waals surface area contributed by atoms with E-state index >= 15 is 0 Å². The van der Waals surface area contributed by atoms with Gasteiger partial charge < -0.3 is 9.80 Å². The maximum absolute atomic E-state index is 12.5. The minimum atomic E-state index is 0.173. The number of hydrogen-bond acceptors (Lipinski definition) is 3. The van der Waals surface area contributed by atoms with Crippen LogP contribution in [0.25, 0.3) is 0 Å². The van der Waals surface area contributed by atoms with Crippen LogP contribution in [0.1, 0.15) is 43.5 Å². The Morgan fingerprint density at radius 3 is 2.43 bits per heavy atom. The highest BCUT2D eigenvalue weighted by Crippen LogP contribution is 2.32. The Bertz CT molecular complexity index is 509. The number of likely N-dealkylation sites (tertiary alicyclic amines) is 2. The lowest BCUT2D eigenvalue weighted by atomic mass is 9.83. The first-order valence-corrected chi connectivity index (χ1v) is 9.05. The van der Waals surface area contributed by atoms with Gasteiger partial charge in [-0.05, 0) is 62.2 Å². The van der Waals surface area contributed by atoms with Crippen LogP contribution in [0, 0.1) is 17.8 Å². The summed E-state index contributed by atoms with van der Waals surface area (Å²) >= 11 is 0. The molecule has 23 heavy (non-hydrogen) atoms. The van der Waals surface area contributed by atoms with E-state index in [4.69, 9.17) is 0 Å². The average molecular weight is 315 g/mol. The van der Waals surface area contributed by atoms with Crippen LogP contribution in [-0.4, -0.2) is 53.4 Å². The van der Waals surface area contributed by atoms with E-state index in [0.29, 0.717) is 5.92 Å². The summed E-state index contributed by atoms with van der Waals surface area (Å²) < 4.78 is 0. The number of piperidine rings is 1. The minimum Gasteiger partial charge on any atom is -0.338 e. The van der Waals surface area contributed by atoms with E-state index < -0.39 is 0 Å². The molecule has 0 bridgehead atoms. The molecule has 0 N–H and O–H groups in total. The second-order valence-corrected chi connectivity index (χ2v) is 7.57. The molecule has 2 saturated heterocycles. The van der Waals surface area contributed by atoms with Gasteiger partial charge in [-0.15, -0.1) is 0 Å². The molecule has 3 rings (SSSR count). The summed E-state index contributed by atoms with van der Waals surface area (Å²) in [7, 11) is 0. The smallest absolute Gasteiger partial charge is 0.253 e. The quantitative estimate of drug-likeness (QED) is 0.857. The normalized spacial score (nSPS) is 23.6. The van der Waals surface area contributed by atoms with Crippen molar-refractivity contribution in [1.29, 1.82) is 0 Å². The number of aromatic nitrogens is 1. The zero-order valence-electron chi connectivity index (χ0n) is 14.4. The molecule has 2 fully saturated rings. The van der Waals surface area contributed by atoms with E-state index in [0.717, 1.165) is 30.5 Å². The topological polar surface area (TPSA) is 36.4 Å². The molecule has 2 aliphatic heterocycles. The first-order chi connectivity index (χ1) is 11.1. The van der Waals surface area contributed by atoms with Gasteiger partial charge in [0.2, 0.25) is 0 Å². The molecular weight excluding hydrogens is 286 g/mol. The van der Waals surface area contributed by atoms with Crippen LogP contribution in [0.3, 0.4) is 0 Å². The Morgan fingerprint density at radius 1 is 1.13 bits per heavy atom. The lowest BCUT2D eigenvalue weighted by molar-refractivity contribution is 0.0772.